The molecule has 0 fully saturated rings. The largest absolute Gasteiger partial charge is 0.300 e. The smallest absolute Gasteiger partial charge is 0.133 e. The van der Waals surface area contributed by atoms with Gasteiger partial charge in [-0.05, 0) is 18.6 Å². The van der Waals surface area contributed by atoms with E-state index in [1.165, 1.54) is 0 Å². The van der Waals surface area contributed by atoms with Crippen LogP contribution in [0.3, 0.4) is 0 Å². The number of carbonyl (C=O) groups excluding carboxylic acids is 1. The lowest BCUT2D eigenvalue weighted by molar-refractivity contribution is -0.118. The minimum Gasteiger partial charge on any atom is -0.300 e. The minimum absolute atomic E-state index is 0.325. The highest BCUT2D eigenvalue weighted by Gasteiger charge is 1.94. The number of carbonyl (C=O) groups is 1. The molecule has 0 saturated carbocycles. The molecule has 0 N–H and O–H groups in total. The lowest BCUT2D eigenvalue weighted by Crippen LogP contribution is -1.96. The van der Waals surface area contributed by atoms with E-state index >= 15 is 0 Å². The summed E-state index contributed by atoms with van der Waals surface area (Å²) in [6.07, 6.45) is 3.98. The van der Waals surface area contributed by atoms with Crippen molar-refractivity contribution in [2.45, 2.75) is 40.0 Å². The average Bonchev–Trinajstić information content (AvgIpc) is 2.03. The summed E-state index contributed by atoms with van der Waals surface area (Å²) in [7, 11) is 0. The number of hydrogen-bond acceptors (Lipinski definition) is 2. The third kappa shape index (κ3) is 7.45. The third-order valence-electron chi connectivity index (χ3n) is 1.55. The number of hydrogen-bond donors (Lipinski definition) is 0. The van der Waals surface area contributed by atoms with Crippen LogP contribution in [0.5, 0.6) is 0 Å². The zero-order chi connectivity index (χ0) is 9.40. The molecule has 0 aliphatic carbocycles. The van der Waals surface area contributed by atoms with Crippen molar-refractivity contribution in [3.05, 3.63) is 0 Å². The Bertz CT molecular complexity index is 150. The van der Waals surface area contributed by atoms with Gasteiger partial charge in [-0.25, -0.2) is 0 Å². The standard InChI is InChI=1S/C10H19NO/c1-4-10(12)6-5-7-11-8-9(2)3/h7,9H,4-6,8H2,1-3H3. The molecule has 0 unspecified atom stereocenters. The highest BCUT2D eigenvalue weighted by atomic mass is 16.1. The van der Waals surface area contributed by atoms with Crippen molar-refractivity contribution in [1.82, 2.24) is 0 Å². The first-order chi connectivity index (χ1) is 5.66. The molecular weight excluding hydrogens is 150 g/mol. The maximum Gasteiger partial charge on any atom is 0.133 e. The Labute approximate surface area is 75.1 Å². The maximum atomic E-state index is 10.8. The Morgan fingerprint density at radius 1 is 1.50 bits per heavy atom. The van der Waals surface area contributed by atoms with E-state index in [2.05, 4.69) is 18.8 Å². The average molecular weight is 169 g/mol. The zero-order valence-corrected chi connectivity index (χ0v) is 8.34. The molecule has 2 heteroatoms. The van der Waals surface area contributed by atoms with Crippen LogP contribution in [-0.4, -0.2) is 18.5 Å². The highest BCUT2D eigenvalue weighted by molar-refractivity contribution is 5.80. The first-order valence-electron chi connectivity index (χ1n) is 4.66. The van der Waals surface area contributed by atoms with Gasteiger partial charge >= 0.3 is 0 Å². The summed E-state index contributed by atoms with van der Waals surface area (Å²) in [6, 6.07) is 0. The fraction of sp³-hybridized carbons (Fsp3) is 0.800. The molecule has 0 radical (unpaired) electrons. The highest BCUT2D eigenvalue weighted by Crippen LogP contribution is 1.94. The number of nitrogens with zero attached hydrogens (tertiary/aromatic N) is 1. The maximum absolute atomic E-state index is 10.8. The second-order valence-electron chi connectivity index (χ2n) is 3.37. The van der Waals surface area contributed by atoms with Crippen molar-refractivity contribution in [2.24, 2.45) is 10.9 Å². The molecule has 0 aromatic carbocycles. The van der Waals surface area contributed by atoms with Crippen molar-refractivity contribution in [3.8, 4) is 0 Å². The van der Waals surface area contributed by atoms with Gasteiger partial charge in [0.15, 0.2) is 0 Å². The SMILES string of the molecule is CCC(=O)CCC=NCC(C)C. The Balaban J connectivity index is 3.30. The van der Waals surface area contributed by atoms with Crippen LogP contribution in [0.4, 0.5) is 0 Å². The minimum atomic E-state index is 0.325. The molecule has 0 aromatic rings. The van der Waals surface area contributed by atoms with Crippen molar-refractivity contribution in [3.63, 3.8) is 0 Å². The quantitative estimate of drug-likeness (QED) is 0.562. The van der Waals surface area contributed by atoms with Gasteiger partial charge in [0.2, 0.25) is 0 Å². The van der Waals surface area contributed by atoms with Gasteiger partial charge in [0.05, 0.1) is 0 Å². The first-order valence-corrected chi connectivity index (χ1v) is 4.66. The predicted molar refractivity (Wildman–Crippen MR) is 52.7 cm³/mol. The zero-order valence-electron chi connectivity index (χ0n) is 8.34. The summed E-state index contributed by atoms with van der Waals surface area (Å²) in [5, 5.41) is 0. The normalized spacial score (nSPS) is 11.3. The Morgan fingerprint density at radius 3 is 2.67 bits per heavy atom. The van der Waals surface area contributed by atoms with Crippen molar-refractivity contribution >= 4 is 12.0 Å². The molecule has 0 atom stereocenters. The van der Waals surface area contributed by atoms with Crippen LogP contribution in [0.1, 0.15) is 40.0 Å². The van der Waals surface area contributed by atoms with E-state index in [1.807, 2.05) is 13.1 Å². The molecule has 0 heterocycles. The molecule has 0 amide bonds. The van der Waals surface area contributed by atoms with Crippen LogP contribution in [0.15, 0.2) is 4.99 Å². The molecule has 0 saturated heterocycles. The van der Waals surface area contributed by atoms with E-state index in [0.717, 1.165) is 13.0 Å². The summed E-state index contributed by atoms with van der Waals surface area (Å²) < 4.78 is 0. The van der Waals surface area contributed by atoms with Crippen LogP contribution in [0, 0.1) is 5.92 Å². The first kappa shape index (κ1) is 11.3. The summed E-state index contributed by atoms with van der Waals surface area (Å²) >= 11 is 0. The summed E-state index contributed by atoms with van der Waals surface area (Å²) in [5.74, 6) is 0.939. The number of Topliss-reactive ketones (excluding diaryl/α,β-unsaturated/α-hetero) is 1. The van der Waals surface area contributed by atoms with Gasteiger partial charge in [-0.2, -0.15) is 0 Å². The molecular formula is C10H19NO. The van der Waals surface area contributed by atoms with Gasteiger partial charge in [0, 0.05) is 19.4 Å². The fourth-order valence-electron chi connectivity index (χ4n) is 0.779. The van der Waals surface area contributed by atoms with E-state index < -0.39 is 0 Å². The van der Waals surface area contributed by atoms with Crippen molar-refractivity contribution < 1.29 is 4.79 Å². The second-order valence-corrected chi connectivity index (χ2v) is 3.37. The Hall–Kier alpha value is -0.660. The molecule has 12 heavy (non-hydrogen) atoms. The monoisotopic (exact) mass is 169 g/mol. The van der Waals surface area contributed by atoms with Crippen LogP contribution < -0.4 is 0 Å². The molecule has 70 valence electrons. The van der Waals surface area contributed by atoms with Crippen LogP contribution in [0.25, 0.3) is 0 Å². The Kier molecular flexibility index (Phi) is 6.63. The number of aliphatic imine (C=N–C) groups is 1. The second kappa shape index (κ2) is 7.01. The molecule has 2 nitrogen and oxygen atoms in total. The van der Waals surface area contributed by atoms with Gasteiger partial charge in [-0.3, -0.25) is 9.79 Å². The van der Waals surface area contributed by atoms with Gasteiger partial charge in [0.25, 0.3) is 0 Å². The van der Waals surface area contributed by atoms with Crippen LogP contribution in [-0.2, 0) is 4.79 Å². The number of ketones is 1. The lowest BCUT2D eigenvalue weighted by atomic mass is 10.2. The van der Waals surface area contributed by atoms with E-state index in [-0.39, 0.29) is 0 Å². The summed E-state index contributed by atoms with van der Waals surface area (Å²) in [5.41, 5.74) is 0. The van der Waals surface area contributed by atoms with Crippen LogP contribution >= 0.6 is 0 Å². The van der Waals surface area contributed by atoms with E-state index in [0.29, 0.717) is 24.5 Å². The van der Waals surface area contributed by atoms with Gasteiger partial charge in [0.1, 0.15) is 5.78 Å². The summed E-state index contributed by atoms with van der Waals surface area (Å²) in [6.45, 7) is 7.04. The molecule has 0 bridgehead atoms. The number of rotatable bonds is 6. The van der Waals surface area contributed by atoms with Crippen molar-refractivity contribution in [1.29, 1.82) is 0 Å². The topological polar surface area (TPSA) is 29.4 Å². The van der Waals surface area contributed by atoms with Crippen LogP contribution in [0.2, 0.25) is 0 Å². The van der Waals surface area contributed by atoms with Gasteiger partial charge < -0.3 is 0 Å². The summed E-state index contributed by atoms with van der Waals surface area (Å²) in [4.78, 5) is 15.0. The van der Waals surface area contributed by atoms with E-state index in [1.54, 1.807) is 0 Å². The van der Waals surface area contributed by atoms with Crippen molar-refractivity contribution in [2.75, 3.05) is 6.54 Å². The molecule has 0 aliphatic rings. The van der Waals surface area contributed by atoms with Gasteiger partial charge in [-0.1, -0.05) is 20.8 Å². The molecule has 0 aromatic heterocycles. The Morgan fingerprint density at radius 2 is 2.17 bits per heavy atom. The molecule has 0 aliphatic heterocycles. The lowest BCUT2D eigenvalue weighted by Gasteiger charge is -1.96. The van der Waals surface area contributed by atoms with E-state index in [9.17, 15) is 4.79 Å². The third-order valence-corrected chi connectivity index (χ3v) is 1.55. The fourth-order valence-corrected chi connectivity index (χ4v) is 0.779. The predicted octanol–water partition coefficient (Wildman–Crippen LogP) is 2.47. The molecule has 0 rings (SSSR count). The van der Waals surface area contributed by atoms with Gasteiger partial charge in [-0.15, -0.1) is 0 Å². The molecule has 0 spiro atoms. The van der Waals surface area contributed by atoms with E-state index in [4.69, 9.17) is 0 Å².